The minimum absolute atomic E-state index is 0.0952. The molecule has 0 amide bonds. The van der Waals surface area contributed by atoms with Crippen LogP contribution in [0.3, 0.4) is 0 Å². The van der Waals surface area contributed by atoms with Crippen molar-refractivity contribution in [2.75, 3.05) is 6.61 Å². The lowest BCUT2D eigenvalue weighted by Gasteiger charge is -1.93. The van der Waals surface area contributed by atoms with Gasteiger partial charge in [0, 0.05) is 18.7 Å². The van der Waals surface area contributed by atoms with Gasteiger partial charge in [-0.25, -0.2) is 4.99 Å². The molecule has 9 heavy (non-hydrogen) atoms. The van der Waals surface area contributed by atoms with Crippen molar-refractivity contribution in [2.45, 2.75) is 13.3 Å². The summed E-state index contributed by atoms with van der Waals surface area (Å²) in [4.78, 5) is 3.73. The first-order valence-corrected chi connectivity index (χ1v) is 3.02. The lowest BCUT2D eigenvalue weighted by molar-refractivity contribution is 0.307. The molecule has 0 aliphatic heterocycles. The molecule has 0 spiro atoms. The Kier molecular flexibility index (Phi) is 4.17. The highest BCUT2D eigenvalue weighted by atomic mass is 32.1. The van der Waals surface area contributed by atoms with Crippen molar-refractivity contribution in [3.05, 3.63) is 0 Å². The van der Waals surface area contributed by atoms with Gasteiger partial charge in [0.2, 0.25) is 0 Å². The highest BCUT2D eigenvalue weighted by Crippen LogP contribution is 1.83. The fourth-order valence-corrected chi connectivity index (χ4v) is 0.562. The molecule has 0 unspecified atom stereocenters. The highest BCUT2D eigenvalue weighted by molar-refractivity contribution is 7.80. The summed E-state index contributed by atoms with van der Waals surface area (Å²) in [5, 5.41) is 8.51. The molecule has 0 aromatic heterocycles. The van der Waals surface area contributed by atoms with Crippen molar-refractivity contribution in [3.63, 3.8) is 0 Å². The number of aliphatic imine (C=N–C) groups is 1. The SMILES string of the molecule is CC(CCO)=NC(N)=S. The van der Waals surface area contributed by atoms with Gasteiger partial charge in [0.05, 0.1) is 0 Å². The first kappa shape index (κ1) is 8.52. The van der Waals surface area contributed by atoms with Gasteiger partial charge in [-0.15, -0.1) is 0 Å². The number of hydrogen-bond donors (Lipinski definition) is 2. The topological polar surface area (TPSA) is 58.6 Å². The maximum Gasteiger partial charge on any atom is 0.189 e. The third-order valence-electron chi connectivity index (χ3n) is 0.775. The number of hydrogen-bond acceptors (Lipinski definition) is 2. The zero-order valence-corrected chi connectivity index (χ0v) is 6.11. The monoisotopic (exact) mass is 146 g/mol. The first-order chi connectivity index (χ1) is 4.16. The van der Waals surface area contributed by atoms with Crippen LogP contribution >= 0.6 is 12.2 Å². The number of aliphatic hydroxyl groups excluding tert-OH is 1. The van der Waals surface area contributed by atoms with Crippen molar-refractivity contribution in [1.82, 2.24) is 0 Å². The van der Waals surface area contributed by atoms with Gasteiger partial charge in [0.1, 0.15) is 0 Å². The highest BCUT2D eigenvalue weighted by Gasteiger charge is 1.88. The van der Waals surface area contributed by atoms with E-state index in [1.165, 1.54) is 0 Å². The number of aliphatic hydroxyl groups is 1. The van der Waals surface area contributed by atoms with E-state index in [2.05, 4.69) is 17.2 Å². The van der Waals surface area contributed by atoms with Crippen LogP contribution in [0.1, 0.15) is 13.3 Å². The van der Waals surface area contributed by atoms with Gasteiger partial charge in [0.15, 0.2) is 5.11 Å². The summed E-state index contributed by atoms with van der Waals surface area (Å²) in [6.07, 6.45) is 0.539. The first-order valence-electron chi connectivity index (χ1n) is 2.61. The van der Waals surface area contributed by atoms with E-state index in [-0.39, 0.29) is 11.7 Å². The predicted octanol–water partition coefficient (Wildman–Crippen LogP) is 0.0733. The van der Waals surface area contributed by atoms with Gasteiger partial charge in [-0.2, -0.15) is 0 Å². The average Bonchev–Trinajstić information content (AvgIpc) is 1.63. The van der Waals surface area contributed by atoms with E-state index in [1.807, 2.05) is 0 Å². The maximum atomic E-state index is 8.38. The Hall–Kier alpha value is -0.480. The molecular formula is C5H10N2OS. The Labute approximate surface area is 59.6 Å². The lowest BCUT2D eigenvalue weighted by atomic mass is 10.3. The van der Waals surface area contributed by atoms with E-state index in [9.17, 15) is 0 Å². The van der Waals surface area contributed by atoms with E-state index in [1.54, 1.807) is 6.92 Å². The quantitative estimate of drug-likeness (QED) is 0.428. The minimum atomic E-state index is 0.0952. The van der Waals surface area contributed by atoms with E-state index in [0.717, 1.165) is 5.71 Å². The third kappa shape index (κ3) is 5.39. The molecule has 0 fully saturated rings. The summed E-state index contributed by atoms with van der Waals surface area (Å²) in [6, 6.07) is 0. The Morgan fingerprint density at radius 3 is 2.67 bits per heavy atom. The van der Waals surface area contributed by atoms with Crippen LogP contribution in [0, 0.1) is 0 Å². The van der Waals surface area contributed by atoms with Gasteiger partial charge < -0.3 is 10.8 Å². The summed E-state index contributed by atoms with van der Waals surface area (Å²) >= 11 is 4.49. The number of nitrogens with two attached hydrogens (primary N) is 1. The Morgan fingerprint density at radius 2 is 2.33 bits per heavy atom. The minimum Gasteiger partial charge on any atom is -0.396 e. The van der Waals surface area contributed by atoms with Crippen LogP contribution in [0.5, 0.6) is 0 Å². The molecule has 3 nitrogen and oxygen atoms in total. The van der Waals surface area contributed by atoms with Crippen LogP contribution in [0.15, 0.2) is 4.99 Å². The maximum absolute atomic E-state index is 8.38. The van der Waals surface area contributed by atoms with Crippen molar-refractivity contribution in [3.8, 4) is 0 Å². The molecular weight excluding hydrogens is 136 g/mol. The molecule has 52 valence electrons. The third-order valence-corrected chi connectivity index (χ3v) is 0.866. The molecule has 0 saturated carbocycles. The molecule has 0 saturated heterocycles. The Balaban J connectivity index is 3.69. The number of thiocarbonyl (C=S) groups is 1. The lowest BCUT2D eigenvalue weighted by Crippen LogP contribution is -2.07. The fraction of sp³-hybridized carbons (Fsp3) is 0.600. The molecule has 0 aromatic rings. The normalized spacial score (nSPS) is 11.6. The molecule has 0 radical (unpaired) electrons. The van der Waals surface area contributed by atoms with Crippen molar-refractivity contribution in [2.24, 2.45) is 10.7 Å². The molecule has 0 aliphatic rings. The summed E-state index contributed by atoms with van der Waals surface area (Å²) in [6.45, 7) is 1.87. The van der Waals surface area contributed by atoms with Crippen LogP contribution in [-0.2, 0) is 0 Å². The van der Waals surface area contributed by atoms with Crippen LogP contribution in [0.4, 0.5) is 0 Å². The predicted molar refractivity (Wildman–Crippen MR) is 41.6 cm³/mol. The molecule has 0 atom stereocenters. The molecule has 0 bridgehead atoms. The van der Waals surface area contributed by atoms with Crippen molar-refractivity contribution < 1.29 is 5.11 Å². The smallest absolute Gasteiger partial charge is 0.189 e. The second-order valence-electron chi connectivity index (χ2n) is 1.66. The van der Waals surface area contributed by atoms with E-state index in [4.69, 9.17) is 10.8 Å². The van der Waals surface area contributed by atoms with Gasteiger partial charge >= 0.3 is 0 Å². The van der Waals surface area contributed by atoms with Crippen LogP contribution < -0.4 is 5.73 Å². The van der Waals surface area contributed by atoms with E-state index >= 15 is 0 Å². The molecule has 0 aromatic carbocycles. The second kappa shape index (κ2) is 4.40. The van der Waals surface area contributed by atoms with E-state index in [0.29, 0.717) is 6.42 Å². The molecule has 0 rings (SSSR count). The van der Waals surface area contributed by atoms with E-state index < -0.39 is 0 Å². The summed E-state index contributed by atoms with van der Waals surface area (Å²) < 4.78 is 0. The van der Waals surface area contributed by atoms with Crippen LogP contribution in [0.2, 0.25) is 0 Å². The fourth-order valence-electron chi connectivity index (χ4n) is 0.406. The van der Waals surface area contributed by atoms with Gasteiger partial charge in [-0.1, -0.05) is 0 Å². The zero-order valence-electron chi connectivity index (χ0n) is 5.29. The molecule has 0 aliphatic carbocycles. The summed E-state index contributed by atoms with van der Waals surface area (Å²) in [7, 11) is 0. The van der Waals surface area contributed by atoms with Gasteiger partial charge in [0.25, 0.3) is 0 Å². The molecule has 3 N–H and O–H groups in total. The Bertz CT molecular complexity index is 133. The van der Waals surface area contributed by atoms with Crippen molar-refractivity contribution >= 4 is 23.0 Å². The molecule has 0 heterocycles. The van der Waals surface area contributed by atoms with Gasteiger partial charge in [-0.3, -0.25) is 0 Å². The van der Waals surface area contributed by atoms with Gasteiger partial charge in [-0.05, 0) is 19.1 Å². The Morgan fingerprint density at radius 1 is 1.78 bits per heavy atom. The standard InChI is InChI=1S/C5H10N2OS/c1-4(2-3-8)7-5(6)9/h8H,2-3H2,1H3,(H2,6,9). The zero-order chi connectivity index (χ0) is 7.28. The number of nitrogens with zero attached hydrogens (tertiary/aromatic N) is 1. The van der Waals surface area contributed by atoms with Crippen LogP contribution in [0.25, 0.3) is 0 Å². The van der Waals surface area contributed by atoms with Crippen LogP contribution in [-0.4, -0.2) is 22.5 Å². The second-order valence-corrected chi connectivity index (χ2v) is 2.08. The number of rotatable bonds is 2. The molecule has 4 heteroatoms. The largest absolute Gasteiger partial charge is 0.396 e. The van der Waals surface area contributed by atoms with Crippen molar-refractivity contribution in [1.29, 1.82) is 0 Å². The summed E-state index contributed by atoms with van der Waals surface area (Å²) in [5.74, 6) is 0. The summed E-state index contributed by atoms with van der Waals surface area (Å²) in [5.41, 5.74) is 5.85. The average molecular weight is 146 g/mol.